The summed E-state index contributed by atoms with van der Waals surface area (Å²) in [4.78, 5) is 17.4. The van der Waals surface area contributed by atoms with Gasteiger partial charge in [-0.05, 0) is 35.2 Å². The Morgan fingerprint density at radius 1 is 0.791 bits per heavy atom. The molecule has 0 unspecified atom stereocenters. The number of thioether (sulfide) groups is 1. The van der Waals surface area contributed by atoms with E-state index in [0.29, 0.717) is 24.6 Å². The van der Waals surface area contributed by atoms with Gasteiger partial charge in [0.1, 0.15) is 12.1 Å². The van der Waals surface area contributed by atoms with Gasteiger partial charge in [-0.15, -0.1) is 10.2 Å². The zero-order chi connectivity index (χ0) is 29.3. The van der Waals surface area contributed by atoms with E-state index in [-0.39, 0.29) is 17.5 Å². The van der Waals surface area contributed by atoms with Crippen LogP contribution in [-0.2, 0) is 12.2 Å². The van der Waals surface area contributed by atoms with Gasteiger partial charge in [-0.3, -0.25) is 9.36 Å². The summed E-state index contributed by atoms with van der Waals surface area (Å²) < 4.78 is 7.73. The largest absolute Gasteiger partial charge is 0.447 e. The molecule has 0 aliphatic carbocycles. The molecule has 0 saturated carbocycles. The normalized spacial score (nSPS) is 11.1. The van der Waals surface area contributed by atoms with Crippen molar-refractivity contribution in [3.63, 3.8) is 0 Å². The van der Waals surface area contributed by atoms with Crippen LogP contribution >= 0.6 is 11.8 Å². The maximum Gasteiger partial charge on any atom is 0.273 e. The summed E-state index contributed by atoms with van der Waals surface area (Å²) in [5.74, 6) is 1.64. The molecule has 0 atom stereocenters. The standard InChI is InChI=1S/C35H31N5O2S/c41-34(36-22-21-30(27-15-7-2-8-16-27)28-17-9-3-10-18-28)31-24-42-33(37-31)25-43-35-39-38-32(23-26-13-5-1-6-14-26)40(35)29-19-11-4-12-20-29/h1-20,24,30H,21-23,25H2,(H,36,41). The maximum absolute atomic E-state index is 12.9. The Morgan fingerprint density at radius 3 is 2.05 bits per heavy atom. The van der Waals surface area contributed by atoms with Crippen LogP contribution in [0.25, 0.3) is 5.69 Å². The van der Waals surface area contributed by atoms with Gasteiger partial charge in [0, 0.05) is 24.6 Å². The summed E-state index contributed by atoms with van der Waals surface area (Å²) in [6.45, 7) is 0.509. The van der Waals surface area contributed by atoms with Gasteiger partial charge >= 0.3 is 0 Å². The molecule has 2 aromatic heterocycles. The minimum Gasteiger partial charge on any atom is -0.447 e. The van der Waals surface area contributed by atoms with Gasteiger partial charge < -0.3 is 9.73 Å². The molecule has 0 saturated heterocycles. The van der Waals surface area contributed by atoms with Crippen molar-refractivity contribution in [3.05, 3.63) is 162 Å². The second kappa shape index (κ2) is 13.8. The van der Waals surface area contributed by atoms with E-state index in [1.54, 1.807) is 0 Å². The molecular formula is C35H31N5O2S. The van der Waals surface area contributed by atoms with Crippen molar-refractivity contribution in [2.75, 3.05) is 6.54 Å². The zero-order valence-corrected chi connectivity index (χ0v) is 24.4. The molecule has 0 fully saturated rings. The van der Waals surface area contributed by atoms with Gasteiger partial charge in [0.2, 0.25) is 5.89 Å². The molecule has 0 bridgehead atoms. The van der Waals surface area contributed by atoms with E-state index < -0.39 is 0 Å². The third kappa shape index (κ3) is 7.10. The van der Waals surface area contributed by atoms with Crippen LogP contribution in [0.2, 0.25) is 0 Å². The van der Waals surface area contributed by atoms with E-state index in [4.69, 9.17) is 4.42 Å². The highest BCUT2D eigenvalue weighted by atomic mass is 32.2. The Balaban J connectivity index is 1.09. The highest BCUT2D eigenvalue weighted by Gasteiger charge is 2.19. The third-order valence-corrected chi connectivity index (χ3v) is 8.07. The first kappa shape index (κ1) is 28.2. The summed E-state index contributed by atoms with van der Waals surface area (Å²) >= 11 is 1.47. The number of rotatable bonds is 12. The van der Waals surface area contributed by atoms with Crippen molar-refractivity contribution in [1.29, 1.82) is 0 Å². The van der Waals surface area contributed by atoms with Crippen molar-refractivity contribution < 1.29 is 9.21 Å². The Labute approximate surface area is 255 Å². The number of oxazole rings is 1. The summed E-state index contributed by atoms with van der Waals surface area (Å²) in [6, 6.07) is 41.0. The van der Waals surface area contributed by atoms with Gasteiger partial charge in [0.25, 0.3) is 5.91 Å². The van der Waals surface area contributed by atoms with Crippen LogP contribution in [0.3, 0.4) is 0 Å². The molecule has 1 N–H and O–H groups in total. The average molecular weight is 586 g/mol. The molecule has 8 heteroatoms. The highest BCUT2D eigenvalue weighted by molar-refractivity contribution is 7.98. The van der Waals surface area contributed by atoms with Crippen LogP contribution in [0.15, 0.2) is 137 Å². The van der Waals surface area contributed by atoms with Gasteiger partial charge in [0.15, 0.2) is 10.9 Å². The summed E-state index contributed by atoms with van der Waals surface area (Å²) in [5, 5.41) is 12.7. The maximum atomic E-state index is 12.9. The molecule has 4 aromatic carbocycles. The van der Waals surface area contributed by atoms with Crippen molar-refractivity contribution in [1.82, 2.24) is 25.1 Å². The number of hydrogen-bond acceptors (Lipinski definition) is 6. The topological polar surface area (TPSA) is 85.8 Å². The van der Waals surface area contributed by atoms with E-state index in [2.05, 4.69) is 61.5 Å². The fourth-order valence-electron chi connectivity index (χ4n) is 5.05. The molecule has 0 aliphatic rings. The van der Waals surface area contributed by atoms with Crippen LogP contribution in [0.1, 0.15) is 51.2 Å². The number of para-hydroxylation sites is 1. The summed E-state index contributed by atoms with van der Waals surface area (Å²) in [7, 11) is 0. The number of hydrogen-bond donors (Lipinski definition) is 1. The molecule has 0 aliphatic heterocycles. The molecule has 2 heterocycles. The predicted octanol–water partition coefficient (Wildman–Crippen LogP) is 7.09. The Hall–Kier alpha value is -4.95. The van der Waals surface area contributed by atoms with E-state index in [1.807, 2.05) is 84.9 Å². The number of aromatic nitrogens is 4. The highest BCUT2D eigenvalue weighted by Crippen LogP contribution is 2.28. The first-order valence-electron chi connectivity index (χ1n) is 14.2. The third-order valence-electron chi connectivity index (χ3n) is 7.15. The molecular weight excluding hydrogens is 554 g/mol. The number of carbonyl (C=O) groups is 1. The second-order valence-electron chi connectivity index (χ2n) is 10.1. The number of nitrogens with one attached hydrogen (secondary N) is 1. The molecule has 214 valence electrons. The fraction of sp³-hybridized carbons (Fsp3) is 0.143. The smallest absolute Gasteiger partial charge is 0.273 e. The van der Waals surface area contributed by atoms with Gasteiger partial charge in [-0.2, -0.15) is 0 Å². The van der Waals surface area contributed by atoms with Gasteiger partial charge in [-0.1, -0.05) is 121 Å². The Kier molecular flexibility index (Phi) is 9.05. The number of nitrogens with zero attached hydrogens (tertiary/aromatic N) is 4. The summed E-state index contributed by atoms with van der Waals surface area (Å²) in [5.41, 5.74) is 4.85. The van der Waals surface area contributed by atoms with Gasteiger partial charge in [0.05, 0.1) is 5.75 Å². The molecule has 7 nitrogen and oxygen atoms in total. The minimum absolute atomic E-state index is 0.181. The van der Waals surface area contributed by atoms with Crippen LogP contribution in [0.4, 0.5) is 0 Å². The number of amides is 1. The van der Waals surface area contributed by atoms with E-state index in [1.165, 1.54) is 29.2 Å². The lowest BCUT2D eigenvalue weighted by Crippen LogP contribution is -2.26. The molecule has 6 aromatic rings. The molecule has 0 spiro atoms. The van der Waals surface area contributed by atoms with E-state index >= 15 is 0 Å². The first-order valence-corrected chi connectivity index (χ1v) is 15.2. The van der Waals surface area contributed by atoms with Crippen LogP contribution in [0, 0.1) is 0 Å². The second-order valence-corrected chi connectivity index (χ2v) is 11.0. The van der Waals surface area contributed by atoms with Crippen molar-refractivity contribution in [2.45, 2.75) is 29.7 Å². The lowest BCUT2D eigenvalue weighted by Gasteiger charge is -2.18. The number of benzene rings is 4. The van der Waals surface area contributed by atoms with Crippen LogP contribution < -0.4 is 5.32 Å². The van der Waals surface area contributed by atoms with E-state index in [0.717, 1.165) is 28.7 Å². The van der Waals surface area contributed by atoms with Crippen molar-refractivity contribution in [3.8, 4) is 5.69 Å². The monoisotopic (exact) mass is 585 g/mol. The first-order chi connectivity index (χ1) is 21.2. The SMILES string of the molecule is O=C(NCCC(c1ccccc1)c1ccccc1)c1coc(CSc2nnc(Cc3ccccc3)n2-c2ccccc2)n1. The van der Waals surface area contributed by atoms with Crippen molar-refractivity contribution in [2.24, 2.45) is 0 Å². The minimum atomic E-state index is -0.252. The fourth-order valence-corrected chi connectivity index (χ4v) is 5.87. The van der Waals surface area contributed by atoms with Crippen molar-refractivity contribution >= 4 is 17.7 Å². The predicted molar refractivity (Wildman–Crippen MR) is 168 cm³/mol. The van der Waals surface area contributed by atoms with E-state index in [9.17, 15) is 4.79 Å². The molecule has 0 radical (unpaired) electrons. The van der Waals surface area contributed by atoms with Crippen LogP contribution in [0.5, 0.6) is 0 Å². The number of carbonyl (C=O) groups excluding carboxylic acids is 1. The summed E-state index contributed by atoms with van der Waals surface area (Å²) in [6.07, 6.45) is 2.84. The zero-order valence-electron chi connectivity index (χ0n) is 23.5. The van der Waals surface area contributed by atoms with Gasteiger partial charge in [-0.25, -0.2) is 4.98 Å². The molecule has 43 heavy (non-hydrogen) atoms. The molecule has 1 amide bonds. The van der Waals surface area contributed by atoms with Crippen LogP contribution in [-0.4, -0.2) is 32.2 Å². The quantitative estimate of drug-likeness (QED) is 0.154. The Bertz CT molecular complexity index is 1700. The lowest BCUT2D eigenvalue weighted by molar-refractivity contribution is 0.0947. The lowest BCUT2D eigenvalue weighted by atomic mass is 9.88. The molecule has 6 rings (SSSR count). The average Bonchev–Trinajstić information content (AvgIpc) is 3.71. The Morgan fingerprint density at radius 2 is 1.40 bits per heavy atom.